The van der Waals surface area contributed by atoms with E-state index in [4.69, 9.17) is 11.6 Å². The average Bonchev–Trinajstić information content (AvgIpc) is 3.56. The summed E-state index contributed by atoms with van der Waals surface area (Å²) in [6.45, 7) is 5.29. The Morgan fingerprint density at radius 2 is 1.51 bits per heavy atom. The zero-order valence-corrected chi connectivity index (χ0v) is 28.7. The van der Waals surface area contributed by atoms with Crippen LogP contribution in [0, 0.1) is 20.8 Å². The van der Waals surface area contributed by atoms with E-state index in [0.717, 1.165) is 57.8 Å². The molecule has 1 aliphatic carbocycles. The van der Waals surface area contributed by atoms with E-state index >= 15 is 0 Å². The molecule has 0 aliphatic heterocycles. The molecule has 0 aromatic heterocycles. The van der Waals surface area contributed by atoms with Gasteiger partial charge in [-0.1, -0.05) is 108 Å². The van der Waals surface area contributed by atoms with E-state index in [2.05, 4.69) is 5.32 Å². The van der Waals surface area contributed by atoms with Gasteiger partial charge >= 0.3 is 0 Å². The molecule has 0 radical (unpaired) electrons. The van der Waals surface area contributed by atoms with Crippen molar-refractivity contribution in [2.75, 3.05) is 10.8 Å². The first kappa shape index (κ1) is 34.2. The van der Waals surface area contributed by atoms with Crippen LogP contribution in [0.15, 0.2) is 102 Å². The number of halogens is 1. The number of carbonyl (C=O) groups excluding carboxylic acids is 2. The number of aryl methyl sites for hydroxylation is 3. The van der Waals surface area contributed by atoms with Crippen molar-refractivity contribution in [3.8, 4) is 0 Å². The normalized spacial score (nSPS) is 14.0. The van der Waals surface area contributed by atoms with Gasteiger partial charge in [0.25, 0.3) is 10.0 Å². The number of nitrogens with zero attached hydrogens (tertiary/aromatic N) is 2. The largest absolute Gasteiger partial charge is 0.352 e. The summed E-state index contributed by atoms with van der Waals surface area (Å²) in [6, 6.07) is 28.0. The Hall–Kier alpha value is -4.14. The Kier molecular flexibility index (Phi) is 11.0. The molecule has 1 aliphatic rings. The van der Waals surface area contributed by atoms with Gasteiger partial charge < -0.3 is 10.2 Å². The van der Waals surface area contributed by atoms with Gasteiger partial charge in [0.1, 0.15) is 12.6 Å². The molecule has 5 rings (SSSR count). The standard InChI is InChI=1S/C38H42ClN3O4S/c1-27-16-20-34(21-17-27)47(45,46)42(33-19-18-29(3)35(39)24-33)26-37(43)41(25-31-13-9-10-28(2)22-31)36(23-30-11-5-4-6-12-30)38(44)40-32-14-7-8-15-32/h4-6,9-13,16-22,24,32,36H,7-8,14-15,23,25-26H2,1-3H3,(H,40,44). The van der Waals surface area contributed by atoms with Crippen LogP contribution in [0.1, 0.15) is 53.5 Å². The van der Waals surface area contributed by atoms with E-state index in [1.165, 1.54) is 12.1 Å². The van der Waals surface area contributed by atoms with E-state index in [-0.39, 0.29) is 35.5 Å². The number of benzene rings is 4. The fourth-order valence-corrected chi connectivity index (χ4v) is 7.61. The van der Waals surface area contributed by atoms with Gasteiger partial charge in [-0.25, -0.2) is 8.42 Å². The predicted molar refractivity (Wildman–Crippen MR) is 188 cm³/mol. The molecule has 4 aromatic carbocycles. The molecular weight excluding hydrogens is 630 g/mol. The molecule has 2 amide bonds. The molecule has 1 saturated carbocycles. The Morgan fingerprint density at radius 1 is 0.830 bits per heavy atom. The molecule has 1 N–H and O–H groups in total. The second kappa shape index (κ2) is 15.2. The smallest absolute Gasteiger partial charge is 0.264 e. The zero-order chi connectivity index (χ0) is 33.6. The first-order valence-electron chi connectivity index (χ1n) is 16.1. The maximum Gasteiger partial charge on any atom is 0.264 e. The third-order valence-electron chi connectivity index (χ3n) is 8.74. The van der Waals surface area contributed by atoms with Gasteiger partial charge in [-0.05, 0) is 74.6 Å². The molecule has 47 heavy (non-hydrogen) atoms. The summed E-state index contributed by atoms with van der Waals surface area (Å²) in [7, 11) is -4.21. The first-order valence-corrected chi connectivity index (χ1v) is 17.9. The maximum absolute atomic E-state index is 14.7. The highest BCUT2D eigenvalue weighted by Crippen LogP contribution is 2.29. The summed E-state index contributed by atoms with van der Waals surface area (Å²) in [6.07, 6.45) is 4.16. The maximum atomic E-state index is 14.7. The highest BCUT2D eigenvalue weighted by Gasteiger charge is 2.35. The predicted octanol–water partition coefficient (Wildman–Crippen LogP) is 7.16. The van der Waals surface area contributed by atoms with Crippen molar-refractivity contribution in [3.63, 3.8) is 0 Å². The van der Waals surface area contributed by atoms with Crippen LogP contribution in [0.2, 0.25) is 5.02 Å². The molecule has 0 heterocycles. The number of anilines is 1. The third-order valence-corrected chi connectivity index (χ3v) is 10.9. The minimum atomic E-state index is -4.21. The third kappa shape index (κ3) is 8.62. The van der Waals surface area contributed by atoms with Crippen molar-refractivity contribution in [2.24, 2.45) is 0 Å². The molecule has 1 fully saturated rings. The second-order valence-corrected chi connectivity index (χ2v) is 14.7. The number of hydrogen-bond donors (Lipinski definition) is 1. The van der Waals surface area contributed by atoms with Crippen molar-refractivity contribution >= 4 is 39.1 Å². The van der Waals surface area contributed by atoms with E-state index in [1.54, 1.807) is 35.2 Å². The van der Waals surface area contributed by atoms with Gasteiger partial charge in [-0.2, -0.15) is 0 Å². The van der Waals surface area contributed by atoms with Crippen LogP contribution in [0.4, 0.5) is 5.69 Å². The van der Waals surface area contributed by atoms with E-state index in [1.807, 2.05) is 75.4 Å². The van der Waals surface area contributed by atoms with Crippen LogP contribution in [0.25, 0.3) is 0 Å². The van der Waals surface area contributed by atoms with E-state index in [9.17, 15) is 18.0 Å². The van der Waals surface area contributed by atoms with Crippen LogP contribution < -0.4 is 9.62 Å². The highest BCUT2D eigenvalue weighted by atomic mass is 35.5. The molecular formula is C38H42ClN3O4S. The second-order valence-electron chi connectivity index (χ2n) is 12.5. The number of hydrogen-bond acceptors (Lipinski definition) is 4. The van der Waals surface area contributed by atoms with Crippen molar-refractivity contribution in [2.45, 2.75) is 76.4 Å². The van der Waals surface area contributed by atoms with Crippen LogP contribution >= 0.6 is 11.6 Å². The van der Waals surface area contributed by atoms with E-state index in [0.29, 0.717) is 5.02 Å². The Labute approximate surface area is 283 Å². The van der Waals surface area contributed by atoms with E-state index < -0.39 is 28.5 Å². The minimum Gasteiger partial charge on any atom is -0.352 e. The average molecular weight is 672 g/mol. The summed E-state index contributed by atoms with van der Waals surface area (Å²) >= 11 is 6.49. The van der Waals surface area contributed by atoms with Crippen LogP contribution in [0.5, 0.6) is 0 Å². The van der Waals surface area contributed by atoms with Crippen LogP contribution in [-0.4, -0.2) is 43.8 Å². The lowest BCUT2D eigenvalue weighted by atomic mass is 10.0. The Balaban J connectivity index is 1.58. The lowest BCUT2D eigenvalue weighted by Gasteiger charge is -2.34. The summed E-state index contributed by atoms with van der Waals surface area (Å²) in [5.74, 6) is -0.741. The van der Waals surface area contributed by atoms with Gasteiger partial charge in [0.15, 0.2) is 0 Å². The molecule has 0 saturated heterocycles. The SMILES string of the molecule is Cc1ccc(S(=O)(=O)N(CC(=O)N(Cc2cccc(C)c2)C(Cc2ccccc2)C(=O)NC2CCCC2)c2ccc(C)c(Cl)c2)cc1. The molecule has 1 atom stereocenters. The Morgan fingerprint density at radius 3 is 2.17 bits per heavy atom. The fourth-order valence-electron chi connectivity index (χ4n) is 6.03. The van der Waals surface area contributed by atoms with Crippen molar-refractivity contribution in [1.82, 2.24) is 10.2 Å². The summed E-state index contributed by atoms with van der Waals surface area (Å²) < 4.78 is 29.6. The molecule has 246 valence electrons. The van der Waals surface area contributed by atoms with Gasteiger partial charge in [0.05, 0.1) is 10.6 Å². The summed E-state index contributed by atoms with van der Waals surface area (Å²) in [5.41, 5.74) is 4.71. The number of amides is 2. The Bertz CT molecular complexity index is 1810. The van der Waals surface area contributed by atoms with Crippen molar-refractivity contribution in [3.05, 3.63) is 130 Å². The van der Waals surface area contributed by atoms with Gasteiger partial charge in [0, 0.05) is 24.0 Å². The minimum absolute atomic E-state index is 0.0461. The lowest BCUT2D eigenvalue weighted by Crippen LogP contribution is -2.54. The molecule has 0 spiro atoms. The van der Waals surface area contributed by atoms with Crippen molar-refractivity contribution in [1.29, 1.82) is 0 Å². The molecule has 7 nitrogen and oxygen atoms in total. The molecule has 4 aromatic rings. The number of sulfonamides is 1. The zero-order valence-electron chi connectivity index (χ0n) is 27.2. The molecule has 9 heteroatoms. The molecule has 1 unspecified atom stereocenters. The fraction of sp³-hybridized carbons (Fsp3) is 0.316. The highest BCUT2D eigenvalue weighted by molar-refractivity contribution is 7.92. The van der Waals surface area contributed by atoms with Crippen LogP contribution in [-0.2, 0) is 32.6 Å². The number of rotatable bonds is 12. The van der Waals surface area contributed by atoms with Gasteiger partial charge in [-0.15, -0.1) is 0 Å². The van der Waals surface area contributed by atoms with Gasteiger partial charge in [0.2, 0.25) is 11.8 Å². The lowest BCUT2D eigenvalue weighted by molar-refractivity contribution is -0.140. The summed E-state index contributed by atoms with van der Waals surface area (Å²) in [5, 5.41) is 3.59. The quantitative estimate of drug-likeness (QED) is 0.173. The topological polar surface area (TPSA) is 86.8 Å². The first-order chi connectivity index (χ1) is 22.5. The number of nitrogens with one attached hydrogen (secondary N) is 1. The van der Waals surface area contributed by atoms with Gasteiger partial charge in [-0.3, -0.25) is 13.9 Å². The molecule has 0 bridgehead atoms. The number of carbonyl (C=O) groups is 2. The van der Waals surface area contributed by atoms with Crippen LogP contribution in [0.3, 0.4) is 0 Å². The van der Waals surface area contributed by atoms with Crippen molar-refractivity contribution < 1.29 is 18.0 Å². The summed E-state index contributed by atoms with van der Waals surface area (Å²) in [4.78, 5) is 30.4. The monoisotopic (exact) mass is 671 g/mol.